The third kappa shape index (κ3) is 1.92. The van der Waals surface area contributed by atoms with Crippen molar-refractivity contribution in [3.05, 3.63) is 30.1 Å². The summed E-state index contributed by atoms with van der Waals surface area (Å²) < 4.78 is 12.5. The number of carbonyl (C=O) groups excluding carboxylic acids is 1. The van der Waals surface area contributed by atoms with Gasteiger partial charge < -0.3 is 5.32 Å². The molecule has 0 aromatic heterocycles. The summed E-state index contributed by atoms with van der Waals surface area (Å²) in [5.41, 5.74) is 0.663. The fraction of sp³-hybridized carbons (Fsp3) is 0.364. The van der Waals surface area contributed by atoms with Crippen LogP contribution in [0.1, 0.15) is 13.3 Å². The van der Waals surface area contributed by atoms with Crippen molar-refractivity contribution in [3.63, 3.8) is 0 Å². The van der Waals surface area contributed by atoms with Crippen LogP contribution in [-0.2, 0) is 4.79 Å². The Hall–Kier alpha value is -1.38. The van der Waals surface area contributed by atoms with E-state index in [4.69, 9.17) is 0 Å². The van der Waals surface area contributed by atoms with E-state index >= 15 is 0 Å². The second-order valence-corrected chi connectivity index (χ2v) is 3.82. The van der Waals surface area contributed by atoms with Crippen molar-refractivity contribution >= 4 is 11.6 Å². The first kappa shape index (κ1) is 9.19. The van der Waals surface area contributed by atoms with E-state index in [1.807, 2.05) is 0 Å². The molecule has 1 fully saturated rings. The van der Waals surface area contributed by atoms with Crippen molar-refractivity contribution in [3.8, 4) is 0 Å². The molecule has 1 aromatic rings. The predicted molar refractivity (Wildman–Crippen MR) is 52.3 cm³/mol. The van der Waals surface area contributed by atoms with Crippen molar-refractivity contribution in [1.82, 2.24) is 0 Å². The number of carbonyl (C=O) groups is 1. The molecule has 1 amide bonds. The van der Waals surface area contributed by atoms with Crippen molar-refractivity contribution in [1.29, 1.82) is 0 Å². The third-order valence-electron chi connectivity index (χ3n) is 2.56. The first-order valence-electron chi connectivity index (χ1n) is 4.73. The molecular weight excluding hydrogens is 181 g/mol. The number of anilines is 1. The molecule has 0 saturated heterocycles. The number of amides is 1. The Labute approximate surface area is 82.1 Å². The summed E-state index contributed by atoms with van der Waals surface area (Å²) in [7, 11) is 0. The van der Waals surface area contributed by atoms with Gasteiger partial charge in [-0.3, -0.25) is 4.79 Å². The van der Waals surface area contributed by atoms with Crippen molar-refractivity contribution in [2.24, 2.45) is 11.8 Å². The van der Waals surface area contributed by atoms with Crippen LogP contribution in [0.2, 0.25) is 0 Å². The van der Waals surface area contributed by atoms with Gasteiger partial charge in [-0.25, -0.2) is 4.39 Å². The van der Waals surface area contributed by atoms with Gasteiger partial charge in [0.2, 0.25) is 5.91 Å². The van der Waals surface area contributed by atoms with Crippen molar-refractivity contribution in [2.45, 2.75) is 13.3 Å². The van der Waals surface area contributed by atoms with Gasteiger partial charge in [-0.2, -0.15) is 0 Å². The van der Waals surface area contributed by atoms with Crippen LogP contribution in [0, 0.1) is 17.7 Å². The van der Waals surface area contributed by atoms with E-state index < -0.39 is 0 Å². The molecule has 1 aliphatic rings. The number of hydrogen-bond acceptors (Lipinski definition) is 1. The maximum atomic E-state index is 12.5. The Morgan fingerprint density at radius 1 is 1.43 bits per heavy atom. The molecule has 3 heteroatoms. The highest BCUT2D eigenvalue weighted by atomic mass is 19.1. The summed E-state index contributed by atoms with van der Waals surface area (Å²) >= 11 is 0. The van der Waals surface area contributed by atoms with Crippen LogP contribution in [0.3, 0.4) is 0 Å². The quantitative estimate of drug-likeness (QED) is 0.767. The minimum absolute atomic E-state index is 0.0455. The van der Waals surface area contributed by atoms with Gasteiger partial charge in [-0.15, -0.1) is 0 Å². The molecular formula is C11H12FNO. The molecule has 1 N–H and O–H groups in total. The molecule has 74 valence electrons. The maximum absolute atomic E-state index is 12.5. The van der Waals surface area contributed by atoms with E-state index in [9.17, 15) is 9.18 Å². The molecule has 2 rings (SSSR count). The average molecular weight is 193 g/mol. The summed E-state index contributed by atoms with van der Waals surface area (Å²) in [5, 5.41) is 2.76. The fourth-order valence-electron chi connectivity index (χ4n) is 1.46. The molecule has 0 aliphatic heterocycles. The summed E-state index contributed by atoms with van der Waals surface area (Å²) in [4.78, 5) is 11.5. The van der Waals surface area contributed by atoms with Crippen LogP contribution in [0.15, 0.2) is 24.3 Å². The second-order valence-electron chi connectivity index (χ2n) is 3.82. The lowest BCUT2D eigenvalue weighted by molar-refractivity contribution is -0.117. The van der Waals surface area contributed by atoms with Crippen LogP contribution in [0.5, 0.6) is 0 Å². The van der Waals surface area contributed by atoms with E-state index in [1.54, 1.807) is 12.1 Å². The van der Waals surface area contributed by atoms with Crippen molar-refractivity contribution in [2.75, 3.05) is 5.32 Å². The summed E-state index contributed by atoms with van der Waals surface area (Å²) in [5.74, 6) is 0.405. The van der Waals surface area contributed by atoms with Crippen LogP contribution >= 0.6 is 0 Å². The Kier molecular flexibility index (Phi) is 2.23. The lowest BCUT2D eigenvalue weighted by atomic mass is 10.2. The van der Waals surface area contributed by atoms with Gasteiger partial charge in [0.05, 0.1) is 0 Å². The molecule has 2 atom stereocenters. The summed E-state index contributed by atoms with van der Waals surface area (Å²) in [6.45, 7) is 2.05. The lowest BCUT2D eigenvalue weighted by Gasteiger charge is -2.03. The molecule has 14 heavy (non-hydrogen) atoms. The standard InChI is InChI=1S/C11H12FNO/c1-7-6-10(7)11(14)13-9-4-2-8(12)3-5-9/h2-5,7,10H,6H2,1H3,(H,13,14)/t7-,10+/m0/s1. The molecule has 0 spiro atoms. The molecule has 0 heterocycles. The number of benzene rings is 1. The Morgan fingerprint density at radius 3 is 2.50 bits per heavy atom. The molecule has 1 saturated carbocycles. The number of halogens is 1. The highest BCUT2D eigenvalue weighted by Gasteiger charge is 2.38. The molecule has 0 bridgehead atoms. The minimum atomic E-state index is -0.289. The molecule has 1 aromatic carbocycles. The van der Waals surface area contributed by atoms with Gasteiger partial charge in [0.25, 0.3) is 0 Å². The van der Waals surface area contributed by atoms with Gasteiger partial charge in [-0.1, -0.05) is 6.92 Å². The maximum Gasteiger partial charge on any atom is 0.227 e. The molecule has 1 aliphatic carbocycles. The number of nitrogens with one attached hydrogen (secondary N) is 1. The van der Waals surface area contributed by atoms with Crippen LogP contribution in [0.4, 0.5) is 10.1 Å². The van der Waals surface area contributed by atoms with Crippen LogP contribution in [0.25, 0.3) is 0 Å². The Morgan fingerprint density at radius 2 is 2.00 bits per heavy atom. The molecule has 0 radical (unpaired) electrons. The zero-order valence-electron chi connectivity index (χ0n) is 7.96. The second kappa shape index (κ2) is 3.40. The monoisotopic (exact) mass is 193 g/mol. The van der Waals surface area contributed by atoms with E-state index in [0.717, 1.165) is 6.42 Å². The topological polar surface area (TPSA) is 29.1 Å². The van der Waals surface area contributed by atoms with Crippen LogP contribution < -0.4 is 5.32 Å². The summed E-state index contributed by atoms with van der Waals surface area (Å²) in [6.07, 6.45) is 0.965. The highest BCUT2D eigenvalue weighted by molar-refractivity contribution is 5.94. The Balaban J connectivity index is 1.97. The zero-order valence-corrected chi connectivity index (χ0v) is 7.96. The lowest BCUT2D eigenvalue weighted by Crippen LogP contribution is -2.14. The van der Waals surface area contributed by atoms with E-state index in [-0.39, 0.29) is 17.6 Å². The van der Waals surface area contributed by atoms with E-state index in [2.05, 4.69) is 12.2 Å². The van der Waals surface area contributed by atoms with E-state index in [1.165, 1.54) is 12.1 Å². The normalized spacial score (nSPS) is 24.4. The van der Waals surface area contributed by atoms with Gasteiger partial charge in [-0.05, 0) is 36.6 Å². The third-order valence-corrected chi connectivity index (χ3v) is 2.56. The number of rotatable bonds is 2. The molecule has 2 nitrogen and oxygen atoms in total. The summed E-state index contributed by atoms with van der Waals surface area (Å²) in [6, 6.07) is 5.82. The van der Waals surface area contributed by atoms with Gasteiger partial charge in [0.1, 0.15) is 5.82 Å². The van der Waals surface area contributed by atoms with E-state index in [0.29, 0.717) is 11.6 Å². The zero-order chi connectivity index (χ0) is 10.1. The fourth-order valence-corrected chi connectivity index (χ4v) is 1.46. The Bertz CT molecular complexity index is 347. The number of hydrogen-bond donors (Lipinski definition) is 1. The highest BCUT2D eigenvalue weighted by Crippen LogP contribution is 2.38. The van der Waals surface area contributed by atoms with Gasteiger partial charge >= 0.3 is 0 Å². The molecule has 0 unspecified atom stereocenters. The average Bonchev–Trinajstić information content (AvgIpc) is 2.87. The smallest absolute Gasteiger partial charge is 0.227 e. The minimum Gasteiger partial charge on any atom is -0.326 e. The first-order chi connectivity index (χ1) is 6.66. The predicted octanol–water partition coefficient (Wildman–Crippen LogP) is 2.42. The van der Waals surface area contributed by atoms with Crippen LogP contribution in [-0.4, -0.2) is 5.91 Å². The SMILES string of the molecule is C[C@H]1C[C@H]1C(=O)Nc1ccc(F)cc1. The largest absolute Gasteiger partial charge is 0.326 e. The van der Waals surface area contributed by atoms with Gasteiger partial charge in [0, 0.05) is 11.6 Å². The first-order valence-corrected chi connectivity index (χ1v) is 4.73. The van der Waals surface area contributed by atoms with Gasteiger partial charge in [0.15, 0.2) is 0 Å². The van der Waals surface area contributed by atoms with Crippen molar-refractivity contribution < 1.29 is 9.18 Å².